The summed E-state index contributed by atoms with van der Waals surface area (Å²) >= 11 is 0. The van der Waals surface area contributed by atoms with E-state index < -0.39 is 5.60 Å². The molecule has 0 spiro atoms. The highest BCUT2D eigenvalue weighted by Gasteiger charge is 2.35. The molecule has 0 unspecified atom stereocenters. The van der Waals surface area contributed by atoms with E-state index in [1.807, 2.05) is 0 Å². The van der Waals surface area contributed by atoms with E-state index in [1.165, 1.54) is 0 Å². The molecule has 1 aromatic heterocycles. The first kappa shape index (κ1) is 11.1. The van der Waals surface area contributed by atoms with Crippen molar-refractivity contribution in [2.24, 2.45) is 0 Å². The first-order valence-electron chi connectivity index (χ1n) is 5.39. The van der Waals surface area contributed by atoms with Gasteiger partial charge in [-0.25, -0.2) is 0 Å². The zero-order valence-corrected chi connectivity index (χ0v) is 9.27. The fourth-order valence-corrected chi connectivity index (χ4v) is 1.99. The minimum absolute atomic E-state index is 0.215. The lowest BCUT2D eigenvalue weighted by Gasteiger charge is -2.30. The van der Waals surface area contributed by atoms with Crippen molar-refractivity contribution < 1.29 is 14.6 Å². The molecule has 86 valence electrons. The van der Waals surface area contributed by atoms with Gasteiger partial charge in [-0.15, -0.1) is 0 Å². The van der Waals surface area contributed by atoms with Gasteiger partial charge in [0.2, 0.25) is 0 Å². The van der Waals surface area contributed by atoms with E-state index in [9.17, 15) is 9.90 Å². The molecular formula is C12H15NO3. The topological polar surface area (TPSA) is 59.4 Å². The van der Waals surface area contributed by atoms with Crippen LogP contribution in [0.15, 0.2) is 18.3 Å². The standard InChI is InChI=1S/C12H15NO3/c1-16-10-4-7-13-11(8-10)12(15)5-2-9(14)3-6-12/h4,7-8,15H,2-3,5-6H2,1H3. The van der Waals surface area contributed by atoms with Crippen LogP contribution in [-0.2, 0) is 10.4 Å². The summed E-state index contributed by atoms with van der Waals surface area (Å²) in [4.78, 5) is 15.3. The molecule has 1 N–H and O–H groups in total. The first-order valence-corrected chi connectivity index (χ1v) is 5.39. The number of carbonyl (C=O) groups is 1. The number of ketones is 1. The molecule has 1 aliphatic carbocycles. The molecule has 4 heteroatoms. The lowest BCUT2D eigenvalue weighted by atomic mass is 9.81. The quantitative estimate of drug-likeness (QED) is 0.820. The van der Waals surface area contributed by atoms with Crippen molar-refractivity contribution in [3.8, 4) is 5.75 Å². The number of hydrogen-bond donors (Lipinski definition) is 1. The third-order valence-electron chi connectivity index (χ3n) is 3.08. The lowest BCUT2D eigenvalue weighted by Crippen LogP contribution is -2.32. The minimum Gasteiger partial charge on any atom is -0.497 e. The summed E-state index contributed by atoms with van der Waals surface area (Å²) in [7, 11) is 1.58. The van der Waals surface area contributed by atoms with Gasteiger partial charge in [-0.05, 0) is 18.9 Å². The average molecular weight is 221 g/mol. The van der Waals surface area contributed by atoms with Gasteiger partial charge < -0.3 is 9.84 Å². The van der Waals surface area contributed by atoms with Gasteiger partial charge in [0.15, 0.2) is 0 Å². The Morgan fingerprint density at radius 1 is 1.44 bits per heavy atom. The molecule has 1 aliphatic rings. The van der Waals surface area contributed by atoms with Crippen LogP contribution in [0.1, 0.15) is 31.4 Å². The molecule has 0 aliphatic heterocycles. The van der Waals surface area contributed by atoms with Crippen molar-refractivity contribution in [1.82, 2.24) is 4.98 Å². The van der Waals surface area contributed by atoms with Gasteiger partial charge >= 0.3 is 0 Å². The Morgan fingerprint density at radius 3 is 2.75 bits per heavy atom. The molecule has 0 bridgehead atoms. The van der Waals surface area contributed by atoms with Crippen LogP contribution >= 0.6 is 0 Å². The minimum atomic E-state index is -0.970. The van der Waals surface area contributed by atoms with E-state index >= 15 is 0 Å². The Labute approximate surface area is 94.3 Å². The number of Topliss-reactive ketones (excluding diaryl/α,β-unsaturated/α-hetero) is 1. The monoisotopic (exact) mass is 221 g/mol. The third-order valence-corrected chi connectivity index (χ3v) is 3.08. The van der Waals surface area contributed by atoms with Crippen LogP contribution in [0.5, 0.6) is 5.75 Å². The summed E-state index contributed by atoms with van der Waals surface area (Å²) in [6, 6.07) is 3.47. The highest BCUT2D eigenvalue weighted by Crippen LogP contribution is 2.35. The van der Waals surface area contributed by atoms with E-state index in [1.54, 1.807) is 25.4 Å². The smallest absolute Gasteiger partial charge is 0.133 e. The molecule has 1 heterocycles. The van der Waals surface area contributed by atoms with E-state index in [0.717, 1.165) is 0 Å². The average Bonchev–Trinajstić information content (AvgIpc) is 2.33. The van der Waals surface area contributed by atoms with Crippen molar-refractivity contribution in [2.75, 3.05) is 7.11 Å². The molecule has 0 atom stereocenters. The third kappa shape index (κ3) is 2.07. The molecule has 0 saturated heterocycles. The van der Waals surface area contributed by atoms with Crippen LogP contribution in [0.25, 0.3) is 0 Å². The van der Waals surface area contributed by atoms with Crippen LogP contribution in [-0.4, -0.2) is 23.0 Å². The van der Waals surface area contributed by atoms with Gasteiger partial charge in [0.05, 0.1) is 12.8 Å². The van der Waals surface area contributed by atoms with Crippen LogP contribution in [0.2, 0.25) is 0 Å². The maximum atomic E-state index is 11.1. The van der Waals surface area contributed by atoms with E-state index in [-0.39, 0.29) is 5.78 Å². The van der Waals surface area contributed by atoms with Gasteiger partial charge in [-0.1, -0.05) is 0 Å². The van der Waals surface area contributed by atoms with Crippen LogP contribution in [0.4, 0.5) is 0 Å². The SMILES string of the molecule is COc1ccnc(C2(O)CCC(=O)CC2)c1. The molecule has 0 radical (unpaired) electrons. The van der Waals surface area contributed by atoms with Crippen molar-refractivity contribution in [1.29, 1.82) is 0 Å². The van der Waals surface area contributed by atoms with Gasteiger partial charge in [-0.3, -0.25) is 9.78 Å². The number of carbonyl (C=O) groups excluding carboxylic acids is 1. The van der Waals surface area contributed by atoms with E-state index in [2.05, 4.69) is 4.98 Å². The number of ether oxygens (including phenoxy) is 1. The summed E-state index contributed by atoms with van der Waals surface area (Å²) in [6.07, 6.45) is 3.37. The summed E-state index contributed by atoms with van der Waals surface area (Å²) in [5, 5.41) is 10.4. The molecule has 2 rings (SSSR count). The molecular weight excluding hydrogens is 206 g/mol. The number of hydrogen-bond acceptors (Lipinski definition) is 4. The Balaban J connectivity index is 2.25. The van der Waals surface area contributed by atoms with Crippen LogP contribution in [0.3, 0.4) is 0 Å². The highest BCUT2D eigenvalue weighted by atomic mass is 16.5. The van der Waals surface area contributed by atoms with E-state index in [4.69, 9.17) is 4.74 Å². The summed E-state index contributed by atoms with van der Waals surface area (Å²) in [6.45, 7) is 0. The van der Waals surface area contributed by atoms with E-state index in [0.29, 0.717) is 37.1 Å². The molecule has 0 amide bonds. The Hall–Kier alpha value is -1.42. The van der Waals surface area contributed by atoms with Crippen molar-refractivity contribution >= 4 is 5.78 Å². The predicted octanol–water partition coefficient (Wildman–Crippen LogP) is 1.42. The largest absolute Gasteiger partial charge is 0.497 e. The van der Waals surface area contributed by atoms with Gasteiger partial charge in [0, 0.05) is 25.1 Å². The normalized spacial score (nSPS) is 19.5. The van der Waals surface area contributed by atoms with Gasteiger partial charge in [0.1, 0.15) is 17.1 Å². The molecule has 1 saturated carbocycles. The summed E-state index contributed by atoms with van der Waals surface area (Å²) in [5.74, 6) is 0.892. The highest BCUT2D eigenvalue weighted by molar-refractivity contribution is 5.79. The molecule has 16 heavy (non-hydrogen) atoms. The number of aliphatic hydroxyl groups is 1. The number of aromatic nitrogens is 1. The summed E-state index contributed by atoms with van der Waals surface area (Å²) < 4.78 is 5.09. The maximum absolute atomic E-state index is 11.1. The first-order chi connectivity index (χ1) is 7.64. The maximum Gasteiger partial charge on any atom is 0.133 e. The zero-order chi connectivity index (χ0) is 11.6. The predicted molar refractivity (Wildman–Crippen MR) is 58.2 cm³/mol. The van der Waals surface area contributed by atoms with Crippen molar-refractivity contribution in [3.63, 3.8) is 0 Å². The zero-order valence-electron chi connectivity index (χ0n) is 9.27. The number of methoxy groups -OCH3 is 1. The van der Waals surface area contributed by atoms with Crippen LogP contribution in [0, 0.1) is 0 Å². The second-order valence-corrected chi connectivity index (χ2v) is 4.15. The van der Waals surface area contributed by atoms with Crippen molar-refractivity contribution in [3.05, 3.63) is 24.0 Å². The lowest BCUT2D eigenvalue weighted by molar-refractivity contribution is -0.125. The molecule has 0 aromatic carbocycles. The number of nitrogens with zero attached hydrogens (tertiary/aromatic N) is 1. The molecule has 1 fully saturated rings. The molecule has 4 nitrogen and oxygen atoms in total. The van der Waals surface area contributed by atoms with Crippen molar-refractivity contribution in [2.45, 2.75) is 31.3 Å². The van der Waals surface area contributed by atoms with Crippen LogP contribution < -0.4 is 4.74 Å². The fraction of sp³-hybridized carbons (Fsp3) is 0.500. The fourth-order valence-electron chi connectivity index (χ4n) is 1.99. The number of rotatable bonds is 2. The van der Waals surface area contributed by atoms with Gasteiger partial charge in [0.25, 0.3) is 0 Å². The molecule has 1 aromatic rings. The second kappa shape index (κ2) is 4.22. The Kier molecular flexibility index (Phi) is 2.92. The second-order valence-electron chi connectivity index (χ2n) is 4.15. The van der Waals surface area contributed by atoms with Gasteiger partial charge in [-0.2, -0.15) is 0 Å². The summed E-state index contributed by atoms with van der Waals surface area (Å²) in [5.41, 5.74) is -0.373. The Bertz CT molecular complexity index is 393. The number of pyridine rings is 1. The Morgan fingerprint density at radius 2 is 2.12 bits per heavy atom.